The summed E-state index contributed by atoms with van der Waals surface area (Å²) in [4.78, 5) is 21.5. The average molecular weight is 367 g/mol. The summed E-state index contributed by atoms with van der Waals surface area (Å²) in [5.41, 5.74) is 1.89. The number of rotatable bonds is 4. The molecule has 8 nitrogen and oxygen atoms in total. The van der Waals surface area contributed by atoms with E-state index in [-0.39, 0.29) is 5.56 Å². The van der Waals surface area contributed by atoms with E-state index in [0.29, 0.717) is 41.2 Å². The van der Waals surface area contributed by atoms with E-state index in [4.69, 9.17) is 9.47 Å². The number of aromatic nitrogens is 3. The van der Waals surface area contributed by atoms with Crippen molar-refractivity contribution < 1.29 is 14.3 Å². The van der Waals surface area contributed by atoms with Crippen LogP contribution in [-0.2, 0) is 16.0 Å². The van der Waals surface area contributed by atoms with Gasteiger partial charge in [0.15, 0.2) is 5.65 Å². The Hall–Kier alpha value is -3.18. The van der Waals surface area contributed by atoms with E-state index >= 15 is 0 Å². The first-order chi connectivity index (χ1) is 12.8. The summed E-state index contributed by atoms with van der Waals surface area (Å²) in [6.45, 7) is 6.09. The second kappa shape index (κ2) is 7.21. The van der Waals surface area contributed by atoms with Crippen LogP contribution >= 0.6 is 0 Å². The maximum absolute atomic E-state index is 12.3. The first-order valence-corrected chi connectivity index (χ1v) is 8.52. The van der Waals surface area contributed by atoms with Gasteiger partial charge < -0.3 is 14.0 Å². The van der Waals surface area contributed by atoms with Gasteiger partial charge in [-0.25, -0.2) is 14.8 Å². The maximum Gasteiger partial charge on any atom is 0.413 e. The molecular formula is C19H21N5O3. The number of fused-ring (bicyclic) bond motifs is 2. The molecule has 140 valence electrons. The van der Waals surface area contributed by atoms with Crippen LogP contribution in [-0.4, -0.2) is 39.9 Å². The number of hydrogen-bond donors (Lipinski definition) is 1. The topological polar surface area (TPSA) is 102 Å². The number of amides is 1. The molecule has 1 N–H and O–H groups in total. The smallest absolute Gasteiger partial charge is 0.413 e. The second-order valence-electron chi connectivity index (χ2n) is 6.99. The number of nitrogens with one attached hydrogen (secondary N) is 1. The summed E-state index contributed by atoms with van der Waals surface area (Å²) in [6.07, 6.45) is -0.648. The van der Waals surface area contributed by atoms with Crippen molar-refractivity contribution in [3.63, 3.8) is 0 Å². The number of hydrogen-bond acceptors (Lipinski definition) is 6. The van der Waals surface area contributed by atoms with Gasteiger partial charge in [-0.2, -0.15) is 5.26 Å². The van der Waals surface area contributed by atoms with Crippen molar-refractivity contribution in [2.24, 2.45) is 0 Å². The summed E-state index contributed by atoms with van der Waals surface area (Å²) in [6, 6.07) is 9.54. The molecule has 1 amide bonds. The minimum atomic E-state index is -0.661. The number of para-hydroxylation sites is 2. The van der Waals surface area contributed by atoms with Gasteiger partial charge in [-0.05, 0) is 32.9 Å². The Bertz CT molecular complexity index is 1040. The number of ether oxygens (including phenoxy) is 2. The van der Waals surface area contributed by atoms with Crippen LogP contribution in [0.15, 0.2) is 24.3 Å². The summed E-state index contributed by atoms with van der Waals surface area (Å²) in [5.74, 6) is 0.300. The zero-order valence-corrected chi connectivity index (χ0v) is 15.7. The van der Waals surface area contributed by atoms with Gasteiger partial charge in [0, 0.05) is 13.7 Å². The molecule has 0 bridgehead atoms. The molecule has 3 aromatic rings. The normalized spacial score (nSPS) is 11.5. The monoisotopic (exact) mass is 367 g/mol. The number of carbonyl (C=O) groups is 1. The zero-order valence-electron chi connectivity index (χ0n) is 15.7. The third-order valence-electron chi connectivity index (χ3n) is 3.80. The Morgan fingerprint density at radius 1 is 1.26 bits per heavy atom. The van der Waals surface area contributed by atoms with Gasteiger partial charge in [-0.15, -0.1) is 0 Å². The molecule has 0 aliphatic heterocycles. The molecule has 0 saturated carbocycles. The lowest BCUT2D eigenvalue weighted by molar-refractivity contribution is 0.0634. The molecule has 3 rings (SSSR count). The van der Waals surface area contributed by atoms with E-state index in [1.54, 1.807) is 32.4 Å². The molecule has 0 aliphatic rings. The third kappa shape index (κ3) is 3.83. The molecular weight excluding hydrogens is 346 g/mol. The highest BCUT2D eigenvalue weighted by Gasteiger charge is 2.24. The molecule has 27 heavy (non-hydrogen) atoms. The van der Waals surface area contributed by atoms with Gasteiger partial charge in [0.2, 0.25) is 0 Å². The van der Waals surface area contributed by atoms with Gasteiger partial charge in [-0.3, -0.25) is 5.32 Å². The van der Waals surface area contributed by atoms with Gasteiger partial charge in [0.25, 0.3) is 0 Å². The number of anilines is 1. The summed E-state index contributed by atoms with van der Waals surface area (Å²) >= 11 is 0. The minimum Gasteiger partial charge on any atom is -0.444 e. The highest BCUT2D eigenvalue weighted by molar-refractivity contribution is 5.96. The van der Waals surface area contributed by atoms with Gasteiger partial charge in [0.05, 0.1) is 17.6 Å². The Labute approximate surface area is 156 Å². The highest BCUT2D eigenvalue weighted by Crippen LogP contribution is 2.29. The summed E-state index contributed by atoms with van der Waals surface area (Å²) in [7, 11) is 1.58. The lowest BCUT2D eigenvalue weighted by atomic mass is 10.2. The van der Waals surface area contributed by atoms with Crippen molar-refractivity contribution >= 4 is 34.1 Å². The van der Waals surface area contributed by atoms with Crippen LogP contribution in [0.3, 0.4) is 0 Å². The predicted molar refractivity (Wildman–Crippen MR) is 101 cm³/mol. The largest absolute Gasteiger partial charge is 0.444 e. The highest BCUT2D eigenvalue weighted by atomic mass is 16.6. The zero-order chi connectivity index (χ0) is 19.6. The number of benzene rings is 1. The lowest BCUT2D eigenvalue weighted by Gasteiger charge is -2.20. The van der Waals surface area contributed by atoms with E-state index in [0.717, 1.165) is 0 Å². The van der Waals surface area contributed by atoms with E-state index in [1.165, 1.54) is 0 Å². The van der Waals surface area contributed by atoms with Crippen LogP contribution in [0.5, 0.6) is 0 Å². The number of nitriles is 1. The predicted octanol–water partition coefficient (Wildman–Crippen LogP) is 3.45. The fourth-order valence-electron chi connectivity index (χ4n) is 2.74. The Balaban J connectivity index is 2.18. The number of methoxy groups -OCH3 is 1. The van der Waals surface area contributed by atoms with E-state index in [2.05, 4.69) is 21.4 Å². The van der Waals surface area contributed by atoms with Crippen molar-refractivity contribution in [1.82, 2.24) is 14.5 Å². The van der Waals surface area contributed by atoms with Crippen molar-refractivity contribution in [2.75, 3.05) is 19.0 Å². The van der Waals surface area contributed by atoms with E-state index < -0.39 is 11.7 Å². The Morgan fingerprint density at radius 2 is 1.93 bits per heavy atom. The van der Waals surface area contributed by atoms with Crippen molar-refractivity contribution in [3.8, 4) is 6.07 Å². The Morgan fingerprint density at radius 3 is 2.52 bits per heavy atom. The molecule has 0 unspecified atom stereocenters. The average Bonchev–Trinajstić information content (AvgIpc) is 2.87. The van der Waals surface area contributed by atoms with Crippen LogP contribution in [0.2, 0.25) is 0 Å². The Kier molecular flexibility index (Phi) is 4.97. The minimum absolute atomic E-state index is 0.241. The van der Waals surface area contributed by atoms with E-state index in [1.807, 2.05) is 24.3 Å². The molecule has 0 fully saturated rings. The molecule has 0 atom stereocenters. The number of carbonyl (C=O) groups excluding carboxylic acids is 1. The number of nitrogens with zero attached hydrogens (tertiary/aromatic N) is 4. The van der Waals surface area contributed by atoms with Crippen molar-refractivity contribution in [2.45, 2.75) is 32.9 Å². The fraction of sp³-hybridized carbons (Fsp3) is 0.368. The summed E-state index contributed by atoms with van der Waals surface area (Å²) in [5, 5.41) is 12.4. The van der Waals surface area contributed by atoms with Gasteiger partial charge in [0.1, 0.15) is 28.6 Å². The molecule has 0 aliphatic carbocycles. The SMILES string of the molecule is COCCn1c(NC(=O)OC(C)(C)C)c(C#N)c2nc3ccccc3nc21. The van der Waals surface area contributed by atoms with Crippen LogP contribution in [0.25, 0.3) is 22.2 Å². The van der Waals surface area contributed by atoms with Crippen LogP contribution in [0.1, 0.15) is 26.3 Å². The lowest BCUT2D eigenvalue weighted by Crippen LogP contribution is -2.28. The van der Waals surface area contributed by atoms with Crippen LogP contribution in [0.4, 0.5) is 10.6 Å². The second-order valence-corrected chi connectivity index (χ2v) is 6.99. The molecule has 1 aromatic carbocycles. The molecule has 2 heterocycles. The van der Waals surface area contributed by atoms with Crippen LogP contribution < -0.4 is 5.32 Å². The standard InChI is InChI=1S/C19H21N5O3/c1-19(2,3)27-18(25)23-16-12(11-20)15-17(24(16)9-10-26-4)22-14-8-6-5-7-13(14)21-15/h5-8H,9-10H2,1-4H3,(H,23,25). The molecule has 0 saturated heterocycles. The van der Waals surface area contributed by atoms with Gasteiger partial charge >= 0.3 is 6.09 Å². The molecule has 8 heteroatoms. The molecule has 0 spiro atoms. The first kappa shape index (κ1) is 18.6. The molecule has 0 radical (unpaired) electrons. The maximum atomic E-state index is 12.3. The fourth-order valence-corrected chi connectivity index (χ4v) is 2.74. The third-order valence-corrected chi connectivity index (χ3v) is 3.80. The summed E-state index contributed by atoms with van der Waals surface area (Å²) < 4.78 is 12.2. The first-order valence-electron chi connectivity index (χ1n) is 8.52. The van der Waals surface area contributed by atoms with Gasteiger partial charge in [-0.1, -0.05) is 12.1 Å². The van der Waals surface area contributed by atoms with E-state index in [9.17, 15) is 10.1 Å². The quantitative estimate of drug-likeness (QED) is 0.758. The van der Waals surface area contributed by atoms with Crippen LogP contribution in [0, 0.1) is 11.3 Å². The van der Waals surface area contributed by atoms with Crippen molar-refractivity contribution in [1.29, 1.82) is 5.26 Å². The molecule has 2 aromatic heterocycles. The van der Waals surface area contributed by atoms with Crippen molar-refractivity contribution in [3.05, 3.63) is 29.8 Å².